The third kappa shape index (κ3) is 4.89. The maximum atomic E-state index is 12.9. The van der Waals surface area contributed by atoms with Gasteiger partial charge in [-0.15, -0.1) is 0 Å². The van der Waals surface area contributed by atoms with Crippen LogP contribution in [0, 0.1) is 87.4 Å². The van der Waals surface area contributed by atoms with Gasteiger partial charge in [0.1, 0.15) is 5.78 Å². The van der Waals surface area contributed by atoms with Gasteiger partial charge in [0.15, 0.2) is 5.60 Å². The average Bonchev–Trinajstić information content (AvgIpc) is 3.51. The van der Waals surface area contributed by atoms with Crippen LogP contribution in [0.15, 0.2) is 0 Å². The van der Waals surface area contributed by atoms with Crippen molar-refractivity contribution in [1.29, 1.82) is 0 Å². The molecule has 2 bridgehead atoms. The van der Waals surface area contributed by atoms with E-state index in [1.807, 2.05) is 64.7 Å². The number of hydrogen-bond donors (Lipinski definition) is 0. The van der Waals surface area contributed by atoms with Gasteiger partial charge in [-0.25, -0.2) is 9.78 Å². The van der Waals surface area contributed by atoms with E-state index in [2.05, 4.69) is 6.92 Å². The van der Waals surface area contributed by atoms with Gasteiger partial charge >= 0.3 is 23.0 Å². The monoisotopic (exact) mass is 508 g/mol. The molecule has 0 N–H and O–H groups in total. The Bertz CT molecular complexity index is 727. The number of ether oxygens (including phenoxy) is 2. The maximum absolute atomic E-state index is 12.9. The predicted octanol–water partition coefficient (Wildman–Crippen LogP) is 4.15. The van der Waals surface area contributed by atoms with Crippen LogP contribution in [0.3, 0.4) is 0 Å². The molecule has 3 aliphatic carbocycles. The van der Waals surface area contributed by atoms with Crippen molar-refractivity contribution >= 4 is 11.8 Å². The van der Waals surface area contributed by atoms with Gasteiger partial charge in [-0.05, 0) is 96.3 Å². The van der Waals surface area contributed by atoms with Crippen molar-refractivity contribution in [3.8, 4) is 0 Å². The second-order valence-electron chi connectivity index (χ2n) is 10.1. The van der Waals surface area contributed by atoms with Crippen molar-refractivity contribution in [2.24, 2.45) is 23.7 Å². The van der Waals surface area contributed by atoms with Crippen molar-refractivity contribution < 1.29 is 45.9 Å². The van der Waals surface area contributed by atoms with Crippen LogP contribution in [0.4, 0.5) is 0 Å². The molecule has 0 unspecified atom stereocenters. The van der Waals surface area contributed by atoms with Gasteiger partial charge in [-0.3, -0.25) is 9.59 Å². The molecule has 0 aromatic rings. The molecule has 0 amide bonds. The van der Waals surface area contributed by atoms with Gasteiger partial charge < -0.3 is 9.47 Å². The first-order valence-electron chi connectivity index (χ1n) is 12.1. The van der Waals surface area contributed by atoms with Crippen LogP contribution < -0.4 is 0 Å². The first-order chi connectivity index (χ1) is 15.9. The first-order valence-corrected chi connectivity index (χ1v) is 12.1. The number of hydrogen-bond acceptors (Lipinski definition) is 6. The normalized spacial score (nSPS) is 43.1. The Morgan fingerprint density at radius 2 is 1.65 bits per heavy atom. The van der Waals surface area contributed by atoms with Crippen molar-refractivity contribution in [2.75, 3.05) is 0 Å². The van der Waals surface area contributed by atoms with Crippen LogP contribution >= 0.6 is 0 Å². The summed E-state index contributed by atoms with van der Waals surface area (Å²) in [7, 11) is 0. The van der Waals surface area contributed by atoms with E-state index in [4.69, 9.17) is 19.2 Å². The number of ketones is 1. The van der Waals surface area contributed by atoms with Gasteiger partial charge in [-0.1, -0.05) is 6.92 Å². The molecule has 7 rings (SSSR count). The summed E-state index contributed by atoms with van der Waals surface area (Å²) >= 11 is 0. The summed E-state index contributed by atoms with van der Waals surface area (Å²) in [5.74, 6) is -0.182. The Labute approximate surface area is 215 Å². The van der Waals surface area contributed by atoms with Crippen LogP contribution in [-0.4, -0.2) is 29.4 Å². The molecule has 0 aromatic carbocycles. The molecular weight excluding hydrogens is 476 g/mol. The molecule has 0 aromatic heterocycles. The van der Waals surface area contributed by atoms with E-state index >= 15 is 0 Å². The van der Waals surface area contributed by atoms with Gasteiger partial charge in [0.05, 0.1) is 5.92 Å². The van der Waals surface area contributed by atoms with Crippen LogP contribution in [-0.2, 0) is 45.9 Å². The SMILES string of the molecule is C[C@@H]1CC[C@H]2[C@@H](CCC(=O)[C]3[CH][CH][CH][CH]3)C(=O)O[C@@H]3O[C@@]4(C)CC[C@@H]1[C@]32OO4.[CH]1[CH][CH][CH][CH]1.[Fe+2]. The molecule has 7 heteroatoms. The van der Waals surface area contributed by atoms with Crippen LogP contribution in [0.25, 0.3) is 0 Å². The Kier molecular flexibility index (Phi) is 8.51. The fourth-order valence-corrected chi connectivity index (χ4v) is 6.25. The number of fused-ring (bicyclic) bond motifs is 2. The van der Waals surface area contributed by atoms with Crippen LogP contribution in [0.5, 0.6) is 0 Å². The van der Waals surface area contributed by atoms with Crippen LogP contribution in [0.2, 0.25) is 0 Å². The van der Waals surface area contributed by atoms with Gasteiger partial charge in [0.2, 0.25) is 12.1 Å². The summed E-state index contributed by atoms with van der Waals surface area (Å²) in [6.45, 7) is 4.08. The summed E-state index contributed by atoms with van der Waals surface area (Å²) in [6.07, 6.45) is 20.9. The molecule has 4 saturated heterocycles. The number of carbonyl (C=O) groups is 2. The Morgan fingerprint density at radius 1 is 0.971 bits per heavy atom. The maximum Gasteiger partial charge on any atom is 2.00 e. The van der Waals surface area contributed by atoms with E-state index in [-0.39, 0.29) is 46.6 Å². The fraction of sp³-hybridized carbons (Fsp3) is 0.556. The predicted molar refractivity (Wildman–Crippen MR) is 119 cm³/mol. The van der Waals surface area contributed by atoms with E-state index in [0.29, 0.717) is 31.1 Å². The fourth-order valence-electron chi connectivity index (χ4n) is 6.25. The summed E-state index contributed by atoms with van der Waals surface area (Å²) < 4.78 is 11.9. The zero-order valence-electron chi connectivity index (χ0n) is 19.6. The number of carbonyl (C=O) groups excluding carboxylic acids is 2. The van der Waals surface area contributed by atoms with E-state index in [1.165, 1.54) is 0 Å². The minimum Gasteiger partial charge on any atom is -0.432 e. The molecule has 7 atom stereocenters. The molecule has 10 radical (unpaired) electrons. The number of Topliss-reactive ketones (excluding diaryl/α,β-unsaturated/α-hetero) is 1. The van der Waals surface area contributed by atoms with Crippen molar-refractivity contribution in [3.63, 3.8) is 0 Å². The van der Waals surface area contributed by atoms with E-state index < -0.39 is 17.7 Å². The molecule has 7 aliphatic rings. The second kappa shape index (κ2) is 10.9. The molecule has 6 nitrogen and oxygen atoms in total. The Balaban J connectivity index is 0.000000407. The van der Waals surface area contributed by atoms with Gasteiger partial charge in [0.25, 0.3) is 0 Å². The first kappa shape index (κ1) is 26.6. The summed E-state index contributed by atoms with van der Waals surface area (Å²) in [4.78, 5) is 37.2. The average molecular weight is 508 g/mol. The molecule has 182 valence electrons. The molecular formula is C27H32FeO6+2. The summed E-state index contributed by atoms with van der Waals surface area (Å²) in [6, 6.07) is 0. The Morgan fingerprint density at radius 3 is 2.32 bits per heavy atom. The molecule has 7 fully saturated rings. The van der Waals surface area contributed by atoms with Crippen molar-refractivity contribution in [1.82, 2.24) is 0 Å². The minimum absolute atomic E-state index is 0. The van der Waals surface area contributed by atoms with E-state index in [0.717, 1.165) is 19.3 Å². The molecule has 3 saturated carbocycles. The van der Waals surface area contributed by atoms with Gasteiger partial charge in [-0.2, -0.15) is 0 Å². The third-order valence-electron chi connectivity index (χ3n) is 8.01. The molecule has 4 aliphatic heterocycles. The zero-order chi connectivity index (χ0) is 23.1. The summed E-state index contributed by atoms with van der Waals surface area (Å²) in [5.41, 5.74) is -0.768. The number of rotatable bonds is 4. The second-order valence-corrected chi connectivity index (χ2v) is 10.1. The molecule has 1 spiro atoms. The van der Waals surface area contributed by atoms with Crippen LogP contribution in [0.1, 0.15) is 52.4 Å². The van der Waals surface area contributed by atoms with Crippen molar-refractivity contribution in [2.45, 2.75) is 70.1 Å². The standard InChI is InChI=1S/C22H27O6.C5H5.Fe/c1-13-7-9-17-15(8-10-18(23)14-5-3-4-6-14)19(24)25-20-22(17)16(13)11-12-21(2,26-20)27-28-22;1-2-4-5-3-1;/h3-6,13,15-17,20H,7-12H2,1-2H3;1-5H;/q;;+2/t13-,15-,16+,17+,20-,21-,22-;;/m1../s1. The minimum atomic E-state index is -0.877. The van der Waals surface area contributed by atoms with E-state index in [1.54, 1.807) is 0 Å². The quantitative estimate of drug-likeness (QED) is 0.323. The number of esters is 1. The molecule has 34 heavy (non-hydrogen) atoms. The zero-order valence-corrected chi connectivity index (χ0v) is 20.7. The van der Waals surface area contributed by atoms with E-state index in [9.17, 15) is 9.59 Å². The summed E-state index contributed by atoms with van der Waals surface area (Å²) in [5, 5.41) is 0. The topological polar surface area (TPSA) is 71.1 Å². The molecule has 4 heterocycles. The van der Waals surface area contributed by atoms with Gasteiger partial charge in [0, 0.05) is 30.6 Å². The van der Waals surface area contributed by atoms with Crippen molar-refractivity contribution in [3.05, 3.63) is 63.7 Å². The third-order valence-corrected chi connectivity index (χ3v) is 8.01. The Hall–Kier alpha value is -0.461. The smallest absolute Gasteiger partial charge is 0.432 e. The largest absolute Gasteiger partial charge is 2.00 e.